The van der Waals surface area contributed by atoms with Crippen LogP contribution in [0.1, 0.15) is 11.1 Å². The minimum Gasteiger partial charge on any atom is -0.325 e. The molecule has 1 saturated heterocycles. The van der Waals surface area contributed by atoms with Crippen molar-refractivity contribution in [1.82, 2.24) is 20.0 Å². The van der Waals surface area contributed by atoms with Gasteiger partial charge in [0.15, 0.2) is 0 Å². The second kappa shape index (κ2) is 6.01. The third-order valence-corrected chi connectivity index (χ3v) is 3.77. The number of imide groups is 1. The molecule has 1 atom stereocenters. The summed E-state index contributed by atoms with van der Waals surface area (Å²) in [6.45, 7) is 0.377. The van der Waals surface area contributed by atoms with Crippen molar-refractivity contribution in [2.75, 3.05) is 6.54 Å². The summed E-state index contributed by atoms with van der Waals surface area (Å²) in [4.78, 5) is 25.6. The summed E-state index contributed by atoms with van der Waals surface area (Å²) >= 11 is 0. The maximum atomic E-state index is 12.4. The predicted octanol–water partition coefficient (Wildman–Crippen LogP) is 1.13. The molecule has 114 valence electrons. The van der Waals surface area contributed by atoms with Gasteiger partial charge < -0.3 is 5.32 Å². The van der Waals surface area contributed by atoms with Gasteiger partial charge in [0.05, 0.1) is 6.20 Å². The number of aryl methyl sites for hydroxylation is 1. The van der Waals surface area contributed by atoms with Crippen molar-refractivity contribution in [3.8, 4) is 0 Å². The van der Waals surface area contributed by atoms with E-state index in [-0.39, 0.29) is 11.9 Å². The van der Waals surface area contributed by atoms with Crippen LogP contribution in [-0.2, 0) is 24.7 Å². The molecule has 0 saturated carbocycles. The Balaban J connectivity index is 1.61. The van der Waals surface area contributed by atoms with Gasteiger partial charge in [0.2, 0.25) is 0 Å². The summed E-state index contributed by atoms with van der Waals surface area (Å²) in [5, 5.41) is 6.84. The summed E-state index contributed by atoms with van der Waals surface area (Å²) in [6, 6.07) is 8.92. The Labute approximate surface area is 128 Å². The molecule has 1 aliphatic heterocycles. The molecule has 6 heteroatoms. The number of rotatable bonds is 5. The molecule has 1 fully saturated rings. The van der Waals surface area contributed by atoms with E-state index in [0.717, 1.165) is 11.1 Å². The molecule has 2 aromatic rings. The summed E-state index contributed by atoms with van der Waals surface area (Å²) in [7, 11) is 1.84. The van der Waals surface area contributed by atoms with Crippen LogP contribution in [-0.4, -0.2) is 39.2 Å². The highest BCUT2D eigenvalue weighted by molar-refractivity contribution is 6.04. The largest absolute Gasteiger partial charge is 0.325 e. The Hall–Kier alpha value is -2.63. The van der Waals surface area contributed by atoms with Crippen molar-refractivity contribution in [1.29, 1.82) is 0 Å². The van der Waals surface area contributed by atoms with Crippen LogP contribution in [0.3, 0.4) is 0 Å². The number of benzene rings is 1. The molecule has 1 N–H and O–H groups in total. The Morgan fingerprint density at radius 3 is 2.64 bits per heavy atom. The number of hydrogen-bond donors (Lipinski definition) is 1. The molecular formula is C16H18N4O2. The molecule has 3 rings (SSSR count). The summed E-state index contributed by atoms with van der Waals surface area (Å²) in [5.41, 5.74) is 2.05. The van der Waals surface area contributed by atoms with Crippen molar-refractivity contribution in [3.05, 3.63) is 53.9 Å². The number of carbonyl (C=O) groups is 2. The van der Waals surface area contributed by atoms with Crippen molar-refractivity contribution < 1.29 is 9.59 Å². The summed E-state index contributed by atoms with van der Waals surface area (Å²) < 4.78 is 1.71. The lowest BCUT2D eigenvalue weighted by atomic mass is 10.1. The van der Waals surface area contributed by atoms with Gasteiger partial charge in [0.1, 0.15) is 6.04 Å². The van der Waals surface area contributed by atoms with Gasteiger partial charge in [-0.05, 0) is 17.5 Å². The first-order valence-electron chi connectivity index (χ1n) is 7.27. The van der Waals surface area contributed by atoms with Gasteiger partial charge in [0, 0.05) is 26.2 Å². The van der Waals surface area contributed by atoms with E-state index in [9.17, 15) is 9.59 Å². The summed E-state index contributed by atoms with van der Waals surface area (Å²) in [5.74, 6) is -0.155. The van der Waals surface area contributed by atoms with Crippen molar-refractivity contribution in [2.24, 2.45) is 7.05 Å². The van der Waals surface area contributed by atoms with Gasteiger partial charge in [-0.15, -0.1) is 0 Å². The van der Waals surface area contributed by atoms with Gasteiger partial charge in [0.25, 0.3) is 5.91 Å². The van der Waals surface area contributed by atoms with Crippen LogP contribution < -0.4 is 5.32 Å². The van der Waals surface area contributed by atoms with Crippen LogP contribution >= 0.6 is 0 Å². The molecule has 22 heavy (non-hydrogen) atoms. The zero-order valence-electron chi connectivity index (χ0n) is 12.4. The number of urea groups is 1. The van der Waals surface area contributed by atoms with Crippen LogP contribution in [0.4, 0.5) is 4.79 Å². The van der Waals surface area contributed by atoms with E-state index >= 15 is 0 Å². The quantitative estimate of drug-likeness (QED) is 0.841. The van der Waals surface area contributed by atoms with E-state index in [1.54, 1.807) is 10.9 Å². The molecule has 6 nitrogen and oxygen atoms in total. The Morgan fingerprint density at radius 2 is 1.95 bits per heavy atom. The molecule has 1 aliphatic rings. The van der Waals surface area contributed by atoms with Gasteiger partial charge in [-0.3, -0.25) is 14.4 Å². The number of nitrogens with one attached hydrogen (secondary N) is 1. The molecule has 0 unspecified atom stereocenters. The standard InChI is InChI=1S/C16H18N4O2/c1-19-11-13(10-17-19)7-8-20-15(21)14(18-16(20)22)9-12-5-3-2-4-6-12/h2-6,10-11,14H,7-9H2,1H3,(H,18,22)/t14-/m0/s1. The molecule has 0 aliphatic carbocycles. The first-order chi connectivity index (χ1) is 10.6. The molecule has 0 spiro atoms. The highest BCUT2D eigenvalue weighted by Gasteiger charge is 2.37. The van der Waals surface area contributed by atoms with Crippen molar-refractivity contribution in [3.63, 3.8) is 0 Å². The zero-order chi connectivity index (χ0) is 15.5. The molecule has 3 amide bonds. The molecule has 1 aromatic heterocycles. The van der Waals surface area contributed by atoms with E-state index in [1.165, 1.54) is 4.90 Å². The zero-order valence-corrected chi connectivity index (χ0v) is 12.4. The lowest BCUT2D eigenvalue weighted by Crippen LogP contribution is -2.33. The topological polar surface area (TPSA) is 67.2 Å². The Kier molecular flexibility index (Phi) is 3.91. The number of amides is 3. The Morgan fingerprint density at radius 1 is 1.18 bits per heavy atom. The van der Waals surface area contributed by atoms with E-state index in [0.29, 0.717) is 19.4 Å². The fraction of sp³-hybridized carbons (Fsp3) is 0.312. The van der Waals surface area contributed by atoms with Crippen LogP contribution in [0.25, 0.3) is 0 Å². The second-order valence-corrected chi connectivity index (χ2v) is 5.45. The number of nitrogens with zero attached hydrogens (tertiary/aromatic N) is 3. The molecule has 1 aromatic carbocycles. The van der Waals surface area contributed by atoms with E-state index in [4.69, 9.17) is 0 Å². The fourth-order valence-electron chi connectivity index (χ4n) is 2.62. The van der Waals surface area contributed by atoms with Crippen LogP contribution in [0, 0.1) is 0 Å². The third-order valence-electron chi connectivity index (χ3n) is 3.77. The van der Waals surface area contributed by atoms with Crippen LogP contribution in [0.2, 0.25) is 0 Å². The van der Waals surface area contributed by atoms with Crippen LogP contribution in [0.15, 0.2) is 42.7 Å². The van der Waals surface area contributed by atoms with Crippen molar-refractivity contribution in [2.45, 2.75) is 18.9 Å². The predicted molar refractivity (Wildman–Crippen MR) is 81.1 cm³/mol. The first-order valence-corrected chi connectivity index (χ1v) is 7.27. The summed E-state index contributed by atoms with van der Waals surface area (Å²) in [6.07, 6.45) is 4.78. The maximum Gasteiger partial charge on any atom is 0.324 e. The molecule has 2 heterocycles. The first kappa shape index (κ1) is 14.3. The van der Waals surface area contributed by atoms with E-state index in [2.05, 4.69) is 10.4 Å². The Bertz CT molecular complexity index is 680. The smallest absolute Gasteiger partial charge is 0.324 e. The highest BCUT2D eigenvalue weighted by Crippen LogP contribution is 2.13. The van der Waals surface area contributed by atoms with Gasteiger partial charge >= 0.3 is 6.03 Å². The third kappa shape index (κ3) is 3.00. The lowest BCUT2D eigenvalue weighted by Gasteiger charge is -2.12. The normalized spacial score (nSPS) is 17.9. The number of hydrogen-bond acceptors (Lipinski definition) is 3. The highest BCUT2D eigenvalue weighted by atomic mass is 16.2. The minimum absolute atomic E-state index is 0.155. The SMILES string of the molecule is Cn1cc(CCN2C(=O)N[C@@H](Cc3ccccc3)C2=O)cn1. The maximum absolute atomic E-state index is 12.4. The number of carbonyl (C=O) groups excluding carboxylic acids is 2. The van der Waals surface area contributed by atoms with Gasteiger partial charge in [-0.25, -0.2) is 4.79 Å². The van der Waals surface area contributed by atoms with Crippen LogP contribution in [0.5, 0.6) is 0 Å². The van der Waals surface area contributed by atoms with Gasteiger partial charge in [-0.1, -0.05) is 30.3 Å². The lowest BCUT2D eigenvalue weighted by molar-refractivity contribution is -0.127. The van der Waals surface area contributed by atoms with Crippen molar-refractivity contribution >= 4 is 11.9 Å². The average molecular weight is 298 g/mol. The van der Waals surface area contributed by atoms with Gasteiger partial charge in [-0.2, -0.15) is 5.10 Å². The molecule has 0 radical (unpaired) electrons. The van der Waals surface area contributed by atoms with E-state index in [1.807, 2.05) is 43.6 Å². The average Bonchev–Trinajstić information content (AvgIpc) is 3.03. The fourth-order valence-corrected chi connectivity index (χ4v) is 2.62. The second-order valence-electron chi connectivity index (χ2n) is 5.45. The monoisotopic (exact) mass is 298 g/mol. The number of aromatic nitrogens is 2. The van der Waals surface area contributed by atoms with E-state index < -0.39 is 6.04 Å². The molecule has 0 bridgehead atoms. The molecular weight excluding hydrogens is 280 g/mol. The minimum atomic E-state index is -0.469.